The molecule has 8 heteroatoms. The number of hydrogen-bond donors (Lipinski definition) is 2. The molecular formula is C17H24N6O2. The van der Waals surface area contributed by atoms with Gasteiger partial charge in [0.2, 0.25) is 0 Å². The number of aryl methyl sites for hydroxylation is 2. The van der Waals surface area contributed by atoms with Crippen molar-refractivity contribution in [3.05, 3.63) is 36.4 Å². The lowest BCUT2D eigenvalue weighted by Gasteiger charge is -2.32. The van der Waals surface area contributed by atoms with Crippen LogP contribution in [-0.2, 0) is 24.8 Å². The topological polar surface area (TPSA) is 86.0 Å². The zero-order chi connectivity index (χ0) is 17.2. The molecule has 0 bridgehead atoms. The minimum Gasteiger partial charge on any atom is -0.368 e. The predicted octanol–water partition coefficient (Wildman–Crippen LogP) is 1.15. The molecule has 1 unspecified atom stereocenters. The fraction of sp³-hybridized carbons (Fsp3) is 0.588. The zero-order valence-electron chi connectivity index (χ0n) is 14.4. The van der Waals surface area contributed by atoms with Crippen LogP contribution in [0, 0.1) is 0 Å². The molecule has 2 aliphatic rings. The van der Waals surface area contributed by atoms with E-state index in [1.807, 2.05) is 30.2 Å². The van der Waals surface area contributed by atoms with E-state index in [4.69, 9.17) is 4.74 Å². The van der Waals surface area contributed by atoms with Crippen LogP contribution in [0.25, 0.3) is 0 Å². The first-order valence-electron chi connectivity index (χ1n) is 8.86. The molecule has 2 amide bonds. The van der Waals surface area contributed by atoms with Crippen LogP contribution in [0.4, 0.5) is 4.79 Å². The number of ether oxygens (including phenoxy) is 1. The number of fused-ring (bicyclic) bond motifs is 1. The molecule has 0 radical (unpaired) electrons. The molecule has 0 aromatic carbocycles. The fourth-order valence-corrected chi connectivity index (χ4v) is 3.70. The third-order valence-electron chi connectivity index (χ3n) is 5.04. The van der Waals surface area contributed by atoms with Gasteiger partial charge in [-0.1, -0.05) is 0 Å². The molecule has 4 heterocycles. The van der Waals surface area contributed by atoms with Crippen molar-refractivity contribution in [2.45, 2.75) is 50.4 Å². The number of rotatable bonds is 3. The van der Waals surface area contributed by atoms with Crippen molar-refractivity contribution < 1.29 is 9.53 Å². The van der Waals surface area contributed by atoms with Crippen molar-refractivity contribution in [3.63, 3.8) is 0 Å². The van der Waals surface area contributed by atoms with Gasteiger partial charge in [-0.15, -0.1) is 0 Å². The van der Waals surface area contributed by atoms with Crippen molar-refractivity contribution >= 4 is 6.03 Å². The number of hydrogen-bond acceptors (Lipinski definition) is 4. The van der Waals surface area contributed by atoms with Gasteiger partial charge in [0.1, 0.15) is 17.8 Å². The van der Waals surface area contributed by atoms with Crippen LogP contribution in [0.2, 0.25) is 0 Å². The van der Waals surface area contributed by atoms with Gasteiger partial charge in [-0.2, -0.15) is 0 Å². The normalized spacial score (nSPS) is 26.0. The van der Waals surface area contributed by atoms with E-state index >= 15 is 0 Å². The Morgan fingerprint density at radius 2 is 2.12 bits per heavy atom. The van der Waals surface area contributed by atoms with Crippen LogP contribution in [0.5, 0.6) is 0 Å². The SMILES string of the molecule is Cn1ccnc1[C@H]1OCCC[C@@H]1NC(=O)NC1CCn2ccnc2C1. The van der Waals surface area contributed by atoms with Crippen molar-refractivity contribution in [2.24, 2.45) is 7.05 Å². The maximum atomic E-state index is 12.5. The second kappa shape index (κ2) is 6.87. The van der Waals surface area contributed by atoms with Gasteiger partial charge in [0.25, 0.3) is 0 Å². The number of nitrogens with zero attached hydrogens (tertiary/aromatic N) is 4. The first kappa shape index (κ1) is 16.1. The van der Waals surface area contributed by atoms with E-state index in [1.165, 1.54) is 0 Å². The Bertz CT molecular complexity index is 739. The molecule has 2 aromatic rings. The van der Waals surface area contributed by atoms with E-state index in [0.29, 0.717) is 6.61 Å². The van der Waals surface area contributed by atoms with E-state index in [2.05, 4.69) is 25.2 Å². The Balaban J connectivity index is 1.37. The predicted molar refractivity (Wildman–Crippen MR) is 90.9 cm³/mol. The molecule has 0 saturated carbocycles. The molecule has 4 rings (SSSR count). The number of carbonyl (C=O) groups excluding carboxylic acids is 1. The van der Waals surface area contributed by atoms with Crippen molar-refractivity contribution in [3.8, 4) is 0 Å². The molecule has 0 spiro atoms. The molecule has 0 aliphatic carbocycles. The average Bonchev–Trinajstić information content (AvgIpc) is 3.23. The summed E-state index contributed by atoms with van der Waals surface area (Å²) in [6.07, 6.45) is 10.8. The highest BCUT2D eigenvalue weighted by Crippen LogP contribution is 2.27. The van der Waals surface area contributed by atoms with Gasteiger partial charge in [-0.25, -0.2) is 14.8 Å². The molecule has 134 valence electrons. The zero-order valence-corrected chi connectivity index (χ0v) is 14.4. The molecule has 8 nitrogen and oxygen atoms in total. The largest absolute Gasteiger partial charge is 0.368 e. The van der Waals surface area contributed by atoms with E-state index in [-0.39, 0.29) is 24.2 Å². The molecule has 25 heavy (non-hydrogen) atoms. The Labute approximate surface area is 146 Å². The maximum Gasteiger partial charge on any atom is 0.315 e. The highest BCUT2D eigenvalue weighted by Gasteiger charge is 2.32. The van der Waals surface area contributed by atoms with E-state index in [1.54, 1.807) is 6.20 Å². The summed E-state index contributed by atoms with van der Waals surface area (Å²) in [6, 6.07) is -0.0915. The summed E-state index contributed by atoms with van der Waals surface area (Å²) in [5.74, 6) is 1.88. The van der Waals surface area contributed by atoms with Crippen molar-refractivity contribution in [1.29, 1.82) is 0 Å². The minimum absolute atomic E-state index is 0.0690. The lowest BCUT2D eigenvalue weighted by molar-refractivity contribution is -0.0142. The van der Waals surface area contributed by atoms with Crippen molar-refractivity contribution in [2.75, 3.05) is 6.61 Å². The Morgan fingerprint density at radius 3 is 2.96 bits per heavy atom. The van der Waals surface area contributed by atoms with Gasteiger partial charge in [0.15, 0.2) is 0 Å². The maximum absolute atomic E-state index is 12.5. The van der Waals surface area contributed by atoms with Gasteiger partial charge in [-0.05, 0) is 19.3 Å². The average molecular weight is 344 g/mol. The van der Waals surface area contributed by atoms with Crippen LogP contribution in [-0.4, -0.2) is 43.8 Å². The summed E-state index contributed by atoms with van der Waals surface area (Å²) >= 11 is 0. The summed E-state index contributed by atoms with van der Waals surface area (Å²) in [6.45, 7) is 1.59. The van der Waals surface area contributed by atoms with Gasteiger partial charge >= 0.3 is 6.03 Å². The number of imidazole rings is 2. The third kappa shape index (κ3) is 3.39. The van der Waals surface area contributed by atoms with E-state index in [9.17, 15) is 4.79 Å². The fourth-order valence-electron chi connectivity index (χ4n) is 3.70. The lowest BCUT2D eigenvalue weighted by atomic mass is 10.0. The number of amides is 2. The monoisotopic (exact) mass is 344 g/mol. The first-order valence-corrected chi connectivity index (χ1v) is 8.86. The third-order valence-corrected chi connectivity index (χ3v) is 5.04. The summed E-state index contributed by atoms with van der Waals surface area (Å²) in [7, 11) is 1.95. The van der Waals surface area contributed by atoms with Crippen LogP contribution in [0.15, 0.2) is 24.8 Å². The molecule has 2 N–H and O–H groups in total. The van der Waals surface area contributed by atoms with E-state index in [0.717, 1.165) is 43.9 Å². The van der Waals surface area contributed by atoms with Gasteiger partial charge < -0.3 is 24.5 Å². The second-order valence-electron chi connectivity index (χ2n) is 6.78. The van der Waals surface area contributed by atoms with Gasteiger partial charge in [-0.3, -0.25) is 0 Å². The highest BCUT2D eigenvalue weighted by molar-refractivity contribution is 5.74. The van der Waals surface area contributed by atoms with Crippen LogP contribution >= 0.6 is 0 Å². The Kier molecular flexibility index (Phi) is 4.44. The molecule has 1 saturated heterocycles. The van der Waals surface area contributed by atoms with Gasteiger partial charge in [0, 0.05) is 57.4 Å². The van der Waals surface area contributed by atoms with Crippen LogP contribution in [0.3, 0.4) is 0 Å². The van der Waals surface area contributed by atoms with Gasteiger partial charge in [0.05, 0.1) is 6.04 Å². The lowest BCUT2D eigenvalue weighted by Crippen LogP contribution is -2.51. The molecule has 1 fully saturated rings. The highest BCUT2D eigenvalue weighted by atomic mass is 16.5. The second-order valence-corrected chi connectivity index (χ2v) is 6.78. The Hall–Kier alpha value is -2.35. The number of carbonyl (C=O) groups is 1. The summed E-state index contributed by atoms with van der Waals surface area (Å²) < 4.78 is 9.99. The first-order chi connectivity index (χ1) is 12.2. The molecule has 2 aromatic heterocycles. The van der Waals surface area contributed by atoms with Crippen molar-refractivity contribution in [1.82, 2.24) is 29.7 Å². The van der Waals surface area contributed by atoms with E-state index < -0.39 is 0 Å². The summed E-state index contributed by atoms with van der Waals surface area (Å²) in [4.78, 5) is 21.2. The quantitative estimate of drug-likeness (QED) is 0.875. The van der Waals surface area contributed by atoms with Crippen LogP contribution in [0.1, 0.15) is 37.0 Å². The molecule has 3 atom stereocenters. The smallest absolute Gasteiger partial charge is 0.315 e. The molecular weight excluding hydrogens is 320 g/mol. The number of aromatic nitrogens is 4. The standard InChI is InChI=1S/C17H24N6O2/c1-22-8-5-19-16(22)15-13(3-2-10-25-15)21-17(24)20-12-4-7-23-9-6-18-14(23)11-12/h5-6,8-9,12-13,15H,2-4,7,10-11H2,1H3,(H2,20,21,24)/t12?,13-,15-/m0/s1. The Morgan fingerprint density at radius 1 is 1.24 bits per heavy atom. The summed E-state index contributed by atoms with van der Waals surface area (Å²) in [5.41, 5.74) is 0. The number of urea groups is 1. The minimum atomic E-state index is -0.204. The number of nitrogens with one attached hydrogen (secondary N) is 2. The molecule has 2 aliphatic heterocycles. The summed E-state index contributed by atoms with van der Waals surface area (Å²) in [5, 5.41) is 6.19. The van der Waals surface area contributed by atoms with Crippen LogP contribution < -0.4 is 10.6 Å².